The van der Waals surface area contributed by atoms with Crippen LogP contribution in [-0.4, -0.2) is 4.01 Å². The number of hydrogen-bond acceptors (Lipinski definition) is 2. The van der Waals surface area contributed by atoms with Crippen molar-refractivity contribution in [2.24, 2.45) is 0 Å². The second-order valence-corrected chi connectivity index (χ2v) is 5.29. The first-order valence-corrected chi connectivity index (χ1v) is 7.03. The van der Waals surface area contributed by atoms with Gasteiger partial charge in [0.25, 0.3) is 0 Å². The minimum absolute atomic E-state index is 0.0723. The fourth-order valence-electron chi connectivity index (χ4n) is 1.61. The number of rotatable bonds is 0. The summed E-state index contributed by atoms with van der Waals surface area (Å²) in [4.78, 5) is 12.1. The summed E-state index contributed by atoms with van der Waals surface area (Å²) in [5, 5.41) is 0.661. The molecule has 0 radical (unpaired) electrons. The monoisotopic (exact) mass is 310 g/mol. The molecule has 74 valence electrons. The first kappa shape index (κ1) is 9.03. The molecule has 0 bridgehead atoms. The fourth-order valence-corrected chi connectivity index (χ4v) is 3.17. The predicted molar refractivity (Wildman–Crippen MR) is 70.7 cm³/mol. The second-order valence-electron chi connectivity index (χ2n) is 3.23. The molecule has 0 saturated carbocycles. The van der Waals surface area contributed by atoms with Crippen LogP contribution in [0.5, 0.6) is 0 Å². The molecule has 1 aromatic heterocycles. The number of fused-ring (bicyclic) bond motifs is 2. The summed E-state index contributed by atoms with van der Waals surface area (Å²) >= 11 is -0.0818. The molecule has 15 heavy (non-hydrogen) atoms. The highest BCUT2D eigenvalue weighted by molar-refractivity contribution is 14.2. The summed E-state index contributed by atoms with van der Waals surface area (Å²) in [6.07, 6.45) is 1.89. The van der Waals surface area contributed by atoms with Crippen molar-refractivity contribution in [2.75, 3.05) is 0 Å². The number of para-hydroxylation sites is 1. The zero-order valence-corrected chi connectivity index (χ0v) is 9.89. The van der Waals surface area contributed by atoms with Gasteiger partial charge in [0.15, 0.2) is 0 Å². The van der Waals surface area contributed by atoms with Gasteiger partial charge in [-0.1, -0.05) is 32.9 Å². The Labute approximate surface area is 96.0 Å². The van der Waals surface area contributed by atoms with E-state index in [0.717, 1.165) is 5.76 Å². The molecule has 0 spiro atoms. The first-order valence-electron chi connectivity index (χ1n) is 4.54. The maximum Gasteiger partial charge on any atom is 0.200 e. The van der Waals surface area contributed by atoms with Gasteiger partial charge < -0.3 is 4.42 Å². The number of hydrogen-bond donors (Lipinski definition) is 0. The lowest BCUT2D eigenvalue weighted by Crippen LogP contribution is -2.09. The number of halogens is 1. The van der Waals surface area contributed by atoms with Gasteiger partial charge in [0, 0.05) is 4.01 Å². The van der Waals surface area contributed by atoms with E-state index in [1.165, 1.54) is 0 Å². The van der Waals surface area contributed by atoms with Crippen molar-refractivity contribution in [3.8, 4) is 0 Å². The van der Waals surface area contributed by atoms with Crippen molar-refractivity contribution in [3.05, 3.63) is 49.9 Å². The second kappa shape index (κ2) is 3.41. The highest BCUT2D eigenvalue weighted by Gasteiger charge is 2.11. The molecule has 2 aromatic rings. The van der Waals surface area contributed by atoms with Crippen molar-refractivity contribution < 1.29 is 4.42 Å². The lowest BCUT2D eigenvalue weighted by Gasteiger charge is -2.04. The maximum atomic E-state index is 12.1. The van der Waals surface area contributed by atoms with Crippen LogP contribution in [-0.2, 0) is 0 Å². The van der Waals surface area contributed by atoms with Gasteiger partial charge >= 0.3 is 0 Å². The lowest BCUT2D eigenvalue weighted by molar-refractivity contribution is 0.594. The highest BCUT2D eigenvalue weighted by atomic mass is 127. The van der Waals surface area contributed by atoms with Crippen LogP contribution >= 0.6 is 20.7 Å². The quantitative estimate of drug-likeness (QED) is 0.701. The minimum atomic E-state index is -0.0818. The zero-order valence-electron chi connectivity index (χ0n) is 7.74. The van der Waals surface area contributed by atoms with E-state index in [9.17, 15) is 4.79 Å². The molecule has 0 fully saturated rings. The van der Waals surface area contributed by atoms with E-state index in [2.05, 4.69) is 4.08 Å². The van der Waals surface area contributed by atoms with Crippen molar-refractivity contribution >= 4 is 41.8 Å². The van der Waals surface area contributed by atoms with Gasteiger partial charge in [0.2, 0.25) is 5.43 Å². The van der Waals surface area contributed by atoms with Crippen LogP contribution < -0.4 is 5.43 Å². The third-order valence-corrected chi connectivity index (χ3v) is 4.03. The van der Waals surface area contributed by atoms with Crippen LogP contribution in [0, 0.1) is 0 Å². The van der Waals surface area contributed by atoms with E-state index < -0.39 is 0 Å². The van der Waals surface area contributed by atoms with Gasteiger partial charge in [0.1, 0.15) is 11.3 Å². The van der Waals surface area contributed by atoms with Gasteiger partial charge in [-0.15, -0.1) is 0 Å². The Morgan fingerprint density at radius 3 is 3.00 bits per heavy atom. The molecule has 0 aliphatic carbocycles. The van der Waals surface area contributed by atoms with Crippen molar-refractivity contribution in [2.45, 2.75) is 0 Å². The molecule has 0 atom stereocenters. The molecule has 0 N–H and O–H groups in total. The Balaban J connectivity index is 2.54. The van der Waals surface area contributed by atoms with Crippen LogP contribution in [0.3, 0.4) is 0 Å². The van der Waals surface area contributed by atoms with Crippen molar-refractivity contribution in [3.63, 3.8) is 0 Å². The summed E-state index contributed by atoms with van der Waals surface area (Å²) in [5.41, 5.74) is 1.44. The van der Waals surface area contributed by atoms with E-state index in [1.54, 1.807) is 6.07 Å². The molecular weight excluding hydrogens is 303 g/mol. The third kappa shape index (κ3) is 1.38. The molecular formula is C12H7IO2. The molecule has 2 nitrogen and oxygen atoms in total. The smallest absolute Gasteiger partial charge is 0.200 e. The van der Waals surface area contributed by atoms with Crippen LogP contribution in [0.4, 0.5) is 0 Å². The summed E-state index contributed by atoms with van der Waals surface area (Å²) in [7, 11) is 0. The molecule has 3 rings (SSSR count). The Kier molecular flexibility index (Phi) is 2.05. The summed E-state index contributed by atoms with van der Waals surface area (Å²) in [5.74, 6) is 0.744. The normalized spacial score (nSPS) is 13.6. The molecule has 0 unspecified atom stereocenters. The SMILES string of the molecule is O=c1c2c(oc3ccccc13)C=IC=C2. The van der Waals surface area contributed by atoms with Crippen LogP contribution in [0.1, 0.15) is 11.3 Å². The molecule has 1 aliphatic heterocycles. The summed E-state index contributed by atoms with van der Waals surface area (Å²) < 4.78 is 9.81. The largest absolute Gasteiger partial charge is 0.455 e. The predicted octanol–water partition coefficient (Wildman–Crippen LogP) is 2.90. The Morgan fingerprint density at radius 1 is 1.20 bits per heavy atom. The molecule has 1 aliphatic rings. The van der Waals surface area contributed by atoms with Crippen LogP contribution in [0.25, 0.3) is 17.0 Å². The van der Waals surface area contributed by atoms with E-state index in [-0.39, 0.29) is 26.2 Å². The van der Waals surface area contributed by atoms with Gasteiger partial charge in [-0.2, -0.15) is 0 Å². The van der Waals surface area contributed by atoms with Crippen molar-refractivity contribution in [1.82, 2.24) is 0 Å². The topological polar surface area (TPSA) is 30.2 Å². The minimum Gasteiger partial charge on any atom is -0.455 e. The zero-order chi connectivity index (χ0) is 10.3. The van der Waals surface area contributed by atoms with E-state index >= 15 is 0 Å². The van der Waals surface area contributed by atoms with Gasteiger partial charge in [-0.3, -0.25) is 4.79 Å². The van der Waals surface area contributed by atoms with Gasteiger partial charge in [0.05, 0.1) is 10.9 Å². The Hall–Kier alpha value is -1.23. The van der Waals surface area contributed by atoms with Crippen molar-refractivity contribution in [1.29, 1.82) is 0 Å². The molecule has 0 amide bonds. The Morgan fingerprint density at radius 2 is 2.07 bits per heavy atom. The highest BCUT2D eigenvalue weighted by Crippen LogP contribution is 2.20. The van der Waals surface area contributed by atoms with Gasteiger partial charge in [-0.25, -0.2) is 0 Å². The van der Waals surface area contributed by atoms with E-state index in [1.807, 2.05) is 28.3 Å². The average Bonchev–Trinajstić information content (AvgIpc) is 2.30. The maximum absolute atomic E-state index is 12.1. The third-order valence-electron chi connectivity index (χ3n) is 2.33. The van der Waals surface area contributed by atoms with Gasteiger partial charge in [-0.05, 0) is 22.3 Å². The summed E-state index contributed by atoms with van der Waals surface area (Å²) in [6, 6.07) is 7.38. The first-order chi connectivity index (χ1) is 7.36. The molecule has 3 heteroatoms. The van der Waals surface area contributed by atoms with E-state index in [4.69, 9.17) is 4.42 Å². The lowest BCUT2D eigenvalue weighted by atomic mass is 10.1. The fraction of sp³-hybridized carbons (Fsp3) is 0. The summed E-state index contributed by atoms with van der Waals surface area (Å²) in [6.45, 7) is 0. The molecule has 0 saturated heterocycles. The van der Waals surface area contributed by atoms with Crippen LogP contribution in [0.2, 0.25) is 0 Å². The van der Waals surface area contributed by atoms with Crippen LogP contribution in [0.15, 0.2) is 37.6 Å². The number of benzene rings is 1. The standard InChI is InChI=1S/C12H7IO2/c14-12-8-3-1-2-4-10(8)15-11-7-13-6-5-9(11)12/h1-7H. The molecule has 1 aromatic carbocycles. The molecule has 2 heterocycles. The average molecular weight is 310 g/mol. The van der Waals surface area contributed by atoms with E-state index in [0.29, 0.717) is 16.5 Å². The Bertz CT molecular complexity index is 650.